The van der Waals surface area contributed by atoms with Gasteiger partial charge in [0.25, 0.3) is 11.8 Å². The number of nitrogens with zero attached hydrogens (tertiary/aromatic N) is 4. The number of aliphatic carboxylic acids is 1. The first-order chi connectivity index (χ1) is 31.7. The van der Waals surface area contributed by atoms with Crippen molar-refractivity contribution in [1.82, 2.24) is 35.2 Å². The third-order valence-corrected chi connectivity index (χ3v) is 11.0. The highest BCUT2D eigenvalue weighted by molar-refractivity contribution is 6.14. The molecular formula is C47H54F2N8O10. The maximum Gasteiger partial charge on any atom is 0.326 e. The highest BCUT2D eigenvalue weighted by Gasteiger charge is 2.38. The van der Waals surface area contributed by atoms with E-state index in [2.05, 4.69) is 16.0 Å². The Balaban J connectivity index is 1.42. The summed E-state index contributed by atoms with van der Waals surface area (Å²) >= 11 is 0. The second-order valence-electron chi connectivity index (χ2n) is 17.0. The molecule has 0 saturated carbocycles. The molecular weight excluding hydrogens is 875 g/mol. The number of rotatable bonds is 22. The predicted octanol–water partition coefficient (Wildman–Crippen LogP) is 1.90. The molecule has 18 nitrogen and oxygen atoms in total. The first kappa shape index (κ1) is 50.5. The zero-order chi connectivity index (χ0) is 49.0. The van der Waals surface area contributed by atoms with Crippen molar-refractivity contribution >= 4 is 47.3 Å². The van der Waals surface area contributed by atoms with Gasteiger partial charge in [-0.25, -0.2) is 13.6 Å². The molecule has 7 N–H and O–H groups in total. The standard InChI is InChI=1S/C47H54F2N8O10/c1-47(2,3)44(37-22-31(33-23-32(48)9-10-34(33)49)26-55(37)25-30-7-5-4-6-8-30)56(43(64)28-58)20-15-36(45(65)52-17-16-51-40(61)27-57-41(62)11-12-42(57)63)54-18-13-29(14-19-54)21-39(60)53-35(46(66)67)24-38(50)59/h4-14,18,22-23,26,35-36,44,58H,15-17,19-21,24-25,27-28H2,1-3H3,(H2,50,59)(H,51,61)(H,52,65)(H,53,60)(H,66,67)/t35-,36-,44-/m0/s1. The molecule has 3 heterocycles. The Hall–Kier alpha value is -7.48. The van der Waals surface area contributed by atoms with Crippen molar-refractivity contribution in [2.24, 2.45) is 11.1 Å². The Kier molecular flexibility index (Phi) is 17.1. The molecule has 0 saturated heterocycles. The number of imide groups is 1. The molecule has 356 valence electrons. The second-order valence-corrected chi connectivity index (χ2v) is 17.0. The van der Waals surface area contributed by atoms with Gasteiger partial charge in [-0.1, -0.05) is 57.2 Å². The Morgan fingerprint density at radius 1 is 0.910 bits per heavy atom. The van der Waals surface area contributed by atoms with E-state index >= 15 is 4.39 Å². The van der Waals surface area contributed by atoms with E-state index in [0.29, 0.717) is 16.8 Å². The third-order valence-electron chi connectivity index (χ3n) is 11.0. The van der Waals surface area contributed by atoms with Crippen molar-refractivity contribution < 1.29 is 57.4 Å². The van der Waals surface area contributed by atoms with Crippen LogP contribution in [0.1, 0.15) is 57.3 Å². The highest BCUT2D eigenvalue weighted by atomic mass is 19.1. The second kappa shape index (κ2) is 22.6. The van der Waals surface area contributed by atoms with Crippen molar-refractivity contribution in [2.75, 3.05) is 39.3 Å². The van der Waals surface area contributed by atoms with Crippen LogP contribution in [0.4, 0.5) is 8.78 Å². The molecule has 0 bridgehead atoms. The van der Waals surface area contributed by atoms with Crippen LogP contribution in [0.3, 0.4) is 0 Å². The number of carboxylic acid groups (broad SMARTS) is 1. The number of primary amides is 1. The fourth-order valence-electron chi connectivity index (χ4n) is 7.84. The van der Waals surface area contributed by atoms with Gasteiger partial charge >= 0.3 is 5.97 Å². The van der Waals surface area contributed by atoms with E-state index in [1.54, 1.807) is 35.5 Å². The average Bonchev–Trinajstić information content (AvgIpc) is 3.82. The van der Waals surface area contributed by atoms with Crippen molar-refractivity contribution in [1.29, 1.82) is 0 Å². The molecule has 2 aromatic carbocycles. The van der Waals surface area contributed by atoms with Gasteiger partial charge in [-0.05, 0) is 53.3 Å². The van der Waals surface area contributed by atoms with Crippen LogP contribution in [0.25, 0.3) is 11.1 Å². The van der Waals surface area contributed by atoms with E-state index in [1.807, 2.05) is 55.7 Å². The molecule has 3 aromatic rings. The first-order valence-corrected chi connectivity index (χ1v) is 21.4. The van der Waals surface area contributed by atoms with Crippen LogP contribution >= 0.6 is 0 Å². The molecule has 3 atom stereocenters. The number of benzene rings is 2. The van der Waals surface area contributed by atoms with Crippen LogP contribution in [0, 0.1) is 17.0 Å². The number of aliphatic hydroxyl groups excluding tert-OH is 1. The topological polar surface area (TPSA) is 254 Å². The Morgan fingerprint density at radius 3 is 2.21 bits per heavy atom. The Bertz CT molecular complexity index is 2450. The minimum absolute atomic E-state index is 0.00198. The van der Waals surface area contributed by atoms with E-state index in [4.69, 9.17) is 5.73 Å². The summed E-state index contributed by atoms with van der Waals surface area (Å²) < 4.78 is 31.7. The predicted molar refractivity (Wildman–Crippen MR) is 239 cm³/mol. The highest BCUT2D eigenvalue weighted by Crippen LogP contribution is 2.41. The smallest absolute Gasteiger partial charge is 0.326 e. The lowest BCUT2D eigenvalue weighted by atomic mass is 9.82. The number of nitrogens with two attached hydrogens (primary N) is 1. The average molecular weight is 929 g/mol. The molecule has 20 heteroatoms. The number of allylic oxidation sites excluding steroid dienone is 1. The molecule has 67 heavy (non-hydrogen) atoms. The SMILES string of the molecule is CC(C)(C)[C@H](c1cc(-c2cc(F)ccc2F)cn1Cc1ccccc1)N(CC[C@@H](C(=O)NCCNC(=O)CN1C(=O)C=CC1=O)N1C=CC(CC(=O)N[C@@H](CC(N)=O)C(=O)O)=CC1)C(=O)CO. The lowest BCUT2D eigenvalue weighted by Gasteiger charge is -2.42. The summed E-state index contributed by atoms with van der Waals surface area (Å²) in [5.74, 6) is -7.52. The van der Waals surface area contributed by atoms with Gasteiger partial charge in [0.2, 0.25) is 29.5 Å². The van der Waals surface area contributed by atoms with Crippen LogP contribution in [0.15, 0.2) is 96.9 Å². The van der Waals surface area contributed by atoms with Gasteiger partial charge in [0, 0.05) is 74.1 Å². The maximum absolute atomic E-state index is 15.3. The van der Waals surface area contributed by atoms with Gasteiger partial charge in [-0.3, -0.25) is 38.5 Å². The van der Waals surface area contributed by atoms with Crippen molar-refractivity contribution in [3.8, 4) is 11.1 Å². The van der Waals surface area contributed by atoms with Crippen LogP contribution in [-0.4, -0.2) is 128 Å². The van der Waals surface area contributed by atoms with Gasteiger partial charge in [0.15, 0.2) is 0 Å². The van der Waals surface area contributed by atoms with Gasteiger partial charge in [-0.15, -0.1) is 0 Å². The summed E-state index contributed by atoms with van der Waals surface area (Å²) in [4.78, 5) is 104. The van der Waals surface area contributed by atoms with Crippen molar-refractivity contribution in [3.63, 3.8) is 0 Å². The minimum atomic E-state index is -1.54. The van der Waals surface area contributed by atoms with Crippen LogP contribution in [0.5, 0.6) is 0 Å². The molecule has 2 aliphatic rings. The summed E-state index contributed by atoms with van der Waals surface area (Å²) in [6, 6.07) is 10.8. The van der Waals surface area contributed by atoms with Crippen LogP contribution in [-0.2, 0) is 44.9 Å². The van der Waals surface area contributed by atoms with E-state index < -0.39 is 102 Å². The summed E-state index contributed by atoms with van der Waals surface area (Å²) in [7, 11) is 0. The van der Waals surface area contributed by atoms with Gasteiger partial charge in [0.1, 0.15) is 36.9 Å². The molecule has 7 amide bonds. The van der Waals surface area contributed by atoms with E-state index in [0.717, 1.165) is 40.8 Å². The number of carbonyl (C=O) groups is 8. The summed E-state index contributed by atoms with van der Waals surface area (Å²) in [5.41, 5.74) is 6.56. The zero-order valence-electron chi connectivity index (χ0n) is 37.2. The number of amides is 7. The molecule has 0 unspecified atom stereocenters. The number of hydrogen-bond acceptors (Lipinski definition) is 10. The summed E-state index contributed by atoms with van der Waals surface area (Å²) in [6.45, 7) is 4.25. The number of hydrogen-bond donors (Lipinski definition) is 6. The number of carbonyl (C=O) groups excluding carboxylic acids is 7. The van der Waals surface area contributed by atoms with Gasteiger partial charge in [0.05, 0.1) is 18.9 Å². The number of halogens is 2. The minimum Gasteiger partial charge on any atom is -0.480 e. The maximum atomic E-state index is 15.3. The molecule has 0 radical (unpaired) electrons. The quantitative estimate of drug-likeness (QED) is 0.0627. The molecule has 0 aliphatic carbocycles. The summed E-state index contributed by atoms with van der Waals surface area (Å²) in [6.07, 6.45) is 7.57. The molecule has 2 aliphatic heterocycles. The van der Waals surface area contributed by atoms with E-state index in [9.17, 15) is 53.0 Å². The fraction of sp³-hybridized carbons (Fsp3) is 0.362. The molecule has 0 spiro atoms. The van der Waals surface area contributed by atoms with Crippen LogP contribution in [0.2, 0.25) is 0 Å². The van der Waals surface area contributed by atoms with Gasteiger partial charge < -0.3 is 46.3 Å². The molecule has 1 aromatic heterocycles. The number of aliphatic hydroxyl groups is 1. The third kappa shape index (κ3) is 13.8. The molecule has 5 rings (SSSR count). The number of carboxylic acids is 1. The summed E-state index contributed by atoms with van der Waals surface area (Å²) in [5, 5.41) is 27.4. The van der Waals surface area contributed by atoms with Crippen LogP contribution < -0.4 is 21.7 Å². The monoisotopic (exact) mass is 928 g/mol. The van der Waals surface area contributed by atoms with Gasteiger partial charge in [-0.2, -0.15) is 0 Å². The van der Waals surface area contributed by atoms with E-state index in [1.165, 1.54) is 4.90 Å². The van der Waals surface area contributed by atoms with Crippen molar-refractivity contribution in [3.05, 3.63) is 120 Å². The Morgan fingerprint density at radius 2 is 1.60 bits per heavy atom. The normalized spacial score (nSPS) is 14.9. The fourth-order valence-corrected chi connectivity index (χ4v) is 7.84. The zero-order valence-corrected chi connectivity index (χ0v) is 37.2. The Labute approximate surface area is 385 Å². The molecule has 0 fully saturated rings. The van der Waals surface area contributed by atoms with E-state index in [-0.39, 0.29) is 51.1 Å². The first-order valence-electron chi connectivity index (χ1n) is 21.4. The van der Waals surface area contributed by atoms with Crippen molar-refractivity contribution in [2.45, 2.75) is 64.7 Å². The largest absolute Gasteiger partial charge is 0.480 e. The lowest BCUT2D eigenvalue weighted by molar-refractivity contribution is -0.143. The lowest BCUT2D eigenvalue weighted by Crippen LogP contribution is -2.50. The number of aromatic nitrogens is 1. The number of nitrogens with one attached hydrogen (secondary N) is 3.